The number of aryl methyl sites for hydroxylation is 4. The fraction of sp³-hybridized carbons (Fsp3) is 0.269. The van der Waals surface area contributed by atoms with Crippen molar-refractivity contribution in [3.63, 3.8) is 0 Å². The third-order valence-corrected chi connectivity index (χ3v) is 5.79. The van der Waals surface area contributed by atoms with Crippen LogP contribution in [0.5, 0.6) is 5.75 Å². The smallest absolute Gasteiger partial charge is 0.344 e. The van der Waals surface area contributed by atoms with Crippen molar-refractivity contribution in [3.8, 4) is 5.75 Å². The molecule has 1 unspecified atom stereocenters. The SMILES string of the molecule is CCC(Oc1ccc(CCc2cnc3c(N)nc4cc(C)ccc4c3c2)c(C)c1)C(=O)O. The number of anilines is 1. The molecule has 1 atom stereocenters. The summed E-state index contributed by atoms with van der Waals surface area (Å²) < 4.78 is 5.61. The Morgan fingerprint density at radius 3 is 2.62 bits per heavy atom. The number of pyridine rings is 2. The number of carboxylic acids is 1. The Hall–Kier alpha value is -3.67. The first-order valence-corrected chi connectivity index (χ1v) is 10.8. The topological polar surface area (TPSA) is 98.3 Å². The average Bonchev–Trinajstić information content (AvgIpc) is 2.76. The fourth-order valence-corrected chi connectivity index (χ4v) is 3.97. The number of benzene rings is 2. The van der Waals surface area contributed by atoms with Crippen molar-refractivity contribution in [2.45, 2.75) is 46.1 Å². The number of carboxylic acid groups (broad SMARTS) is 1. The number of hydrogen-bond donors (Lipinski definition) is 2. The molecule has 3 N–H and O–H groups in total. The van der Waals surface area contributed by atoms with Crippen LogP contribution >= 0.6 is 0 Å². The van der Waals surface area contributed by atoms with Gasteiger partial charge in [0.1, 0.15) is 11.3 Å². The Labute approximate surface area is 187 Å². The van der Waals surface area contributed by atoms with Gasteiger partial charge in [0.25, 0.3) is 0 Å². The molecule has 0 aliphatic rings. The highest BCUT2D eigenvalue weighted by molar-refractivity contribution is 6.08. The van der Waals surface area contributed by atoms with E-state index in [-0.39, 0.29) is 0 Å². The predicted molar refractivity (Wildman–Crippen MR) is 127 cm³/mol. The van der Waals surface area contributed by atoms with Crippen LogP contribution < -0.4 is 10.5 Å². The Morgan fingerprint density at radius 1 is 1.09 bits per heavy atom. The van der Waals surface area contributed by atoms with Crippen LogP contribution in [0.1, 0.15) is 35.6 Å². The summed E-state index contributed by atoms with van der Waals surface area (Å²) in [5.41, 5.74) is 12.3. The largest absolute Gasteiger partial charge is 0.479 e. The highest BCUT2D eigenvalue weighted by Gasteiger charge is 2.17. The summed E-state index contributed by atoms with van der Waals surface area (Å²) in [6, 6.07) is 14.1. The van der Waals surface area contributed by atoms with E-state index in [1.54, 1.807) is 6.92 Å². The number of nitrogens with two attached hydrogens (primary N) is 1. The number of aliphatic carboxylic acids is 1. The number of aromatic nitrogens is 2. The van der Waals surface area contributed by atoms with E-state index in [0.29, 0.717) is 18.0 Å². The molecule has 0 bridgehead atoms. The van der Waals surface area contributed by atoms with E-state index in [9.17, 15) is 9.90 Å². The third kappa shape index (κ3) is 4.35. The molecular formula is C26H27N3O3. The van der Waals surface area contributed by atoms with Crippen LogP contribution in [0.25, 0.3) is 21.8 Å². The van der Waals surface area contributed by atoms with Crippen molar-refractivity contribution >= 4 is 33.6 Å². The van der Waals surface area contributed by atoms with E-state index in [0.717, 1.165) is 51.3 Å². The number of fused-ring (bicyclic) bond motifs is 3. The van der Waals surface area contributed by atoms with Gasteiger partial charge in [-0.1, -0.05) is 25.1 Å². The highest BCUT2D eigenvalue weighted by Crippen LogP contribution is 2.28. The van der Waals surface area contributed by atoms with E-state index < -0.39 is 12.1 Å². The van der Waals surface area contributed by atoms with Gasteiger partial charge in [-0.2, -0.15) is 0 Å². The zero-order valence-electron chi connectivity index (χ0n) is 18.6. The maximum Gasteiger partial charge on any atom is 0.344 e. The molecule has 2 heterocycles. The van der Waals surface area contributed by atoms with Gasteiger partial charge in [0.2, 0.25) is 0 Å². The van der Waals surface area contributed by atoms with E-state index in [1.165, 1.54) is 5.56 Å². The second-order valence-corrected chi connectivity index (χ2v) is 8.20. The number of nitrogens with zero attached hydrogens (tertiary/aromatic N) is 2. The van der Waals surface area contributed by atoms with Gasteiger partial charge in [-0.05, 0) is 79.6 Å². The Morgan fingerprint density at radius 2 is 1.91 bits per heavy atom. The lowest BCUT2D eigenvalue weighted by molar-refractivity contribution is -0.145. The van der Waals surface area contributed by atoms with E-state index in [2.05, 4.69) is 28.2 Å². The predicted octanol–water partition coefficient (Wildman–Crippen LogP) is 5.01. The molecule has 6 heteroatoms. The molecule has 0 fully saturated rings. The van der Waals surface area contributed by atoms with Crippen LogP contribution in [0.4, 0.5) is 5.82 Å². The zero-order chi connectivity index (χ0) is 22.8. The quantitative estimate of drug-likeness (QED) is 0.401. The highest BCUT2D eigenvalue weighted by atomic mass is 16.5. The van der Waals surface area contributed by atoms with Crippen LogP contribution in [0, 0.1) is 13.8 Å². The van der Waals surface area contributed by atoms with Crippen LogP contribution in [-0.2, 0) is 17.6 Å². The number of hydrogen-bond acceptors (Lipinski definition) is 5. The van der Waals surface area contributed by atoms with Gasteiger partial charge in [0.15, 0.2) is 11.9 Å². The van der Waals surface area contributed by atoms with Crippen LogP contribution in [0.15, 0.2) is 48.7 Å². The Balaban J connectivity index is 1.56. The molecule has 0 aliphatic carbocycles. The normalized spacial score (nSPS) is 12.2. The standard InChI is InChI=1S/C26H27N3O3/c1-4-23(26(30)31)32-19-9-8-18(16(3)12-19)7-6-17-13-21-20-10-5-15(2)11-22(20)29-25(27)24(21)28-14-17/h5,8-14,23H,4,6-7H2,1-3H3,(H2,27,29)(H,30,31). The van der Waals surface area contributed by atoms with Crippen molar-refractivity contribution < 1.29 is 14.6 Å². The lowest BCUT2D eigenvalue weighted by Gasteiger charge is -2.15. The monoisotopic (exact) mass is 429 g/mol. The first kappa shape index (κ1) is 21.6. The van der Waals surface area contributed by atoms with Gasteiger partial charge in [0.05, 0.1) is 5.52 Å². The summed E-state index contributed by atoms with van der Waals surface area (Å²) >= 11 is 0. The summed E-state index contributed by atoms with van der Waals surface area (Å²) in [5.74, 6) is 0.0805. The Kier molecular flexibility index (Phi) is 5.95. The van der Waals surface area contributed by atoms with Crippen molar-refractivity contribution in [2.24, 2.45) is 0 Å². The van der Waals surface area contributed by atoms with Crippen molar-refractivity contribution in [3.05, 3.63) is 70.9 Å². The molecule has 4 rings (SSSR count). The molecule has 0 spiro atoms. The van der Waals surface area contributed by atoms with Gasteiger partial charge in [0, 0.05) is 17.0 Å². The van der Waals surface area contributed by atoms with Gasteiger partial charge >= 0.3 is 5.97 Å². The minimum absolute atomic E-state index is 0.416. The maximum absolute atomic E-state index is 11.2. The third-order valence-electron chi connectivity index (χ3n) is 5.79. The van der Waals surface area contributed by atoms with Gasteiger partial charge in [-0.25, -0.2) is 9.78 Å². The Bertz CT molecular complexity index is 1320. The number of rotatable bonds is 7. The zero-order valence-corrected chi connectivity index (χ0v) is 18.6. The molecule has 2 aromatic heterocycles. The van der Waals surface area contributed by atoms with Crippen molar-refractivity contribution in [2.75, 3.05) is 5.73 Å². The lowest BCUT2D eigenvalue weighted by atomic mass is 9.99. The summed E-state index contributed by atoms with van der Waals surface area (Å²) in [5, 5.41) is 11.3. The van der Waals surface area contributed by atoms with Crippen LogP contribution in [0.3, 0.4) is 0 Å². The van der Waals surface area contributed by atoms with Gasteiger partial charge in [-0.3, -0.25) is 4.98 Å². The molecule has 0 saturated heterocycles. The van der Waals surface area contributed by atoms with E-state index in [1.807, 2.05) is 44.3 Å². The second kappa shape index (κ2) is 8.83. The molecule has 164 valence electrons. The fourth-order valence-electron chi connectivity index (χ4n) is 3.97. The number of carbonyl (C=O) groups is 1. The first-order valence-electron chi connectivity index (χ1n) is 10.8. The lowest BCUT2D eigenvalue weighted by Crippen LogP contribution is -2.25. The molecule has 32 heavy (non-hydrogen) atoms. The summed E-state index contributed by atoms with van der Waals surface area (Å²) in [4.78, 5) is 20.3. The molecule has 6 nitrogen and oxygen atoms in total. The number of ether oxygens (including phenoxy) is 1. The maximum atomic E-state index is 11.2. The molecule has 0 aliphatic heterocycles. The van der Waals surface area contributed by atoms with Crippen molar-refractivity contribution in [1.29, 1.82) is 0 Å². The first-order chi connectivity index (χ1) is 15.4. The summed E-state index contributed by atoms with van der Waals surface area (Å²) in [6.45, 7) is 5.86. The second-order valence-electron chi connectivity index (χ2n) is 8.20. The summed E-state index contributed by atoms with van der Waals surface area (Å²) in [6.07, 6.45) is 3.12. The molecule has 4 aromatic rings. The molecule has 0 saturated carbocycles. The van der Waals surface area contributed by atoms with Gasteiger partial charge in [-0.15, -0.1) is 0 Å². The molecule has 0 radical (unpaired) electrons. The molecule has 2 aromatic carbocycles. The minimum atomic E-state index is -0.948. The molecule has 0 amide bonds. The average molecular weight is 430 g/mol. The summed E-state index contributed by atoms with van der Waals surface area (Å²) in [7, 11) is 0. The van der Waals surface area contributed by atoms with Crippen LogP contribution in [-0.4, -0.2) is 27.1 Å². The van der Waals surface area contributed by atoms with Crippen molar-refractivity contribution in [1.82, 2.24) is 9.97 Å². The van der Waals surface area contributed by atoms with Gasteiger partial charge < -0.3 is 15.6 Å². The minimum Gasteiger partial charge on any atom is -0.479 e. The van der Waals surface area contributed by atoms with E-state index in [4.69, 9.17) is 10.5 Å². The van der Waals surface area contributed by atoms with E-state index >= 15 is 0 Å². The number of nitrogen functional groups attached to an aromatic ring is 1. The van der Waals surface area contributed by atoms with Crippen LogP contribution in [0.2, 0.25) is 0 Å². The molecular weight excluding hydrogens is 402 g/mol.